The number of carbonyl (C=O) groups excluding carboxylic acids is 2. The van der Waals surface area contributed by atoms with Gasteiger partial charge in [0.05, 0.1) is 25.8 Å². The number of cyclic esters (lactones) is 1. The molecule has 2 amide bonds. The van der Waals surface area contributed by atoms with Crippen molar-refractivity contribution in [1.82, 2.24) is 10.2 Å². The van der Waals surface area contributed by atoms with Crippen molar-refractivity contribution in [3.8, 4) is 0 Å². The standard InChI is InChI=1S/C18H22N2O5/c1-17(7-14(8-17)23-9-13-5-3-2-4-6-13)25-16(22)20-10-18(11-20)12-24-15(21)19-18/h2-6,14H,7-12H2,1H3,(H,19,21)/t14-,17-. The molecule has 4 rings (SSSR count). The summed E-state index contributed by atoms with van der Waals surface area (Å²) in [6, 6.07) is 10.0. The van der Waals surface area contributed by atoms with E-state index in [2.05, 4.69) is 5.32 Å². The van der Waals surface area contributed by atoms with Gasteiger partial charge in [0, 0.05) is 12.8 Å². The Balaban J connectivity index is 1.19. The van der Waals surface area contributed by atoms with Crippen LogP contribution in [0.4, 0.5) is 9.59 Å². The number of nitrogens with one attached hydrogen (secondary N) is 1. The van der Waals surface area contributed by atoms with E-state index in [1.807, 2.05) is 37.3 Å². The van der Waals surface area contributed by atoms with E-state index in [0.29, 0.717) is 39.1 Å². The SMILES string of the molecule is C[C@]1(OC(=O)N2CC3(COC(=O)N3)C2)C[C@H](OCc2ccccc2)C1. The largest absolute Gasteiger partial charge is 0.447 e. The summed E-state index contributed by atoms with van der Waals surface area (Å²) in [4.78, 5) is 25.0. The van der Waals surface area contributed by atoms with Crippen LogP contribution < -0.4 is 5.32 Å². The molecular weight excluding hydrogens is 324 g/mol. The third-order valence-corrected chi connectivity index (χ3v) is 5.07. The van der Waals surface area contributed by atoms with Crippen LogP contribution in [0, 0.1) is 0 Å². The molecular formula is C18H22N2O5. The van der Waals surface area contributed by atoms with Gasteiger partial charge in [-0.15, -0.1) is 0 Å². The Hall–Kier alpha value is -2.28. The van der Waals surface area contributed by atoms with Crippen LogP contribution >= 0.6 is 0 Å². The predicted molar refractivity (Wildman–Crippen MR) is 87.9 cm³/mol. The number of hydrogen-bond acceptors (Lipinski definition) is 5. The summed E-state index contributed by atoms with van der Waals surface area (Å²) in [7, 11) is 0. The summed E-state index contributed by atoms with van der Waals surface area (Å²) in [5.74, 6) is 0. The number of ether oxygens (including phenoxy) is 3. The van der Waals surface area contributed by atoms with Gasteiger partial charge in [-0.3, -0.25) is 0 Å². The highest BCUT2D eigenvalue weighted by Gasteiger charge is 2.53. The second-order valence-electron chi connectivity index (χ2n) is 7.48. The van der Waals surface area contributed by atoms with Crippen LogP contribution in [-0.2, 0) is 20.8 Å². The maximum atomic E-state index is 12.3. The monoisotopic (exact) mass is 346 g/mol. The van der Waals surface area contributed by atoms with Crippen molar-refractivity contribution in [3.05, 3.63) is 35.9 Å². The lowest BCUT2D eigenvalue weighted by molar-refractivity contribution is -0.145. The Kier molecular flexibility index (Phi) is 3.83. The molecule has 0 aromatic heterocycles. The molecule has 7 nitrogen and oxygen atoms in total. The molecule has 0 unspecified atom stereocenters. The van der Waals surface area contributed by atoms with Gasteiger partial charge < -0.3 is 24.4 Å². The van der Waals surface area contributed by atoms with Crippen LogP contribution in [0.5, 0.6) is 0 Å². The first-order valence-electron chi connectivity index (χ1n) is 8.54. The molecule has 7 heteroatoms. The van der Waals surface area contributed by atoms with E-state index in [1.165, 1.54) is 0 Å². The summed E-state index contributed by atoms with van der Waals surface area (Å²) in [6.07, 6.45) is 0.755. The number of nitrogens with zero attached hydrogens (tertiary/aromatic N) is 1. The number of likely N-dealkylation sites (tertiary alicyclic amines) is 1. The van der Waals surface area contributed by atoms with Crippen LogP contribution in [0.25, 0.3) is 0 Å². The van der Waals surface area contributed by atoms with E-state index in [9.17, 15) is 9.59 Å². The first-order valence-corrected chi connectivity index (χ1v) is 8.54. The smallest absolute Gasteiger partial charge is 0.410 e. The van der Waals surface area contributed by atoms with E-state index >= 15 is 0 Å². The molecule has 3 fully saturated rings. The van der Waals surface area contributed by atoms with Crippen molar-refractivity contribution in [2.24, 2.45) is 0 Å². The molecule has 25 heavy (non-hydrogen) atoms. The lowest BCUT2D eigenvalue weighted by atomic mass is 9.79. The molecule has 2 aliphatic heterocycles. The topological polar surface area (TPSA) is 77.1 Å². The molecule has 1 aromatic rings. The maximum Gasteiger partial charge on any atom is 0.410 e. The molecule has 0 radical (unpaired) electrons. The van der Waals surface area contributed by atoms with Crippen LogP contribution in [0.2, 0.25) is 0 Å². The second kappa shape index (κ2) is 5.91. The van der Waals surface area contributed by atoms with Gasteiger partial charge in [-0.25, -0.2) is 9.59 Å². The van der Waals surface area contributed by atoms with E-state index in [-0.39, 0.29) is 12.2 Å². The summed E-state index contributed by atoms with van der Waals surface area (Å²) in [6.45, 7) is 3.68. The molecule has 2 heterocycles. The molecule has 2 saturated heterocycles. The predicted octanol–water partition coefficient (Wildman–Crippen LogP) is 2.06. The van der Waals surface area contributed by atoms with Gasteiger partial charge in [0.2, 0.25) is 0 Å². The molecule has 134 valence electrons. The Morgan fingerprint density at radius 3 is 2.68 bits per heavy atom. The van der Waals surface area contributed by atoms with Crippen LogP contribution in [-0.4, -0.2) is 54.0 Å². The van der Waals surface area contributed by atoms with Crippen molar-refractivity contribution in [3.63, 3.8) is 0 Å². The van der Waals surface area contributed by atoms with Crippen molar-refractivity contribution in [2.75, 3.05) is 19.7 Å². The quantitative estimate of drug-likeness (QED) is 0.903. The van der Waals surface area contributed by atoms with Gasteiger partial charge in [-0.05, 0) is 12.5 Å². The van der Waals surface area contributed by atoms with Crippen LogP contribution in [0.15, 0.2) is 30.3 Å². The highest BCUT2D eigenvalue weighted by Crippen LogP contribution is 2.39. The molecule has 3 aliphatic rings. The van der Waals surface area contributed by atoms with Gasteiger partial charge >= 0.3 is 12.2 Å². The van der Waals surface area contributed by atoms with Crippen LogP contribution in [0.1, 0.15) is 25.3 Å². The van der Waals surface area contributed by atoms with E-state index in [4.69, 9.17) is 14.2 Å². The highest BCUT2D eigenvalue weighted by atomic mass is 16.6. The molecule has 0 bridgehead atoms. The van der Waals surface area contributed by atoms with E-state index in [0.717, 1.165) is 5.56 Å². The Labute approximate surface area is 146 Å². The Morgan fingerprint density at radius 2 is 2.04 bits per heavy atom. The lowest BCUT2D eigenvalue weighted by Crippen LogP contribution is -2.70. The molecule has 1 spiro atoms. The Morgan fingerprint density at radius 1 is 1.32 bits per heavy atom. The number of alkyl carbamates (subject to hydrolysis) is 1. The zero-order chi connectivity index (χ0) is 17.5. The zero-order valence-electron chi connectivity index (χ0n) is 14.2. The fourth-order valence-corrected chi connectivity index (χ4v) is 3.64. The van der Waals surface area contributed by atoms with E-state index < -0.39 is 17.2 Å². The number of amides is 2. The van der Waals surface area contributed by atoms with E-state index in [1.54, 1.807) is 4.90 Å². The summed E-state index contributed by atoms with van der Waals surface area (Å²) < 4.78 is 16.4. The normalized spacial score (nSPS) is 29.4. The minimum Gasteiger partial charge on any atom is -0.447 e. The fraction of sp³-hybridized carbons (Fsp3) is 0.556. The average Bonchev–Trinajstić information content (AvgIpc) is 2.92. The first kappa shape index (κ1) is 16.2. The highest BCUT2D eigenvalue weighted by molar-refractivity contribution is 5.74. The third-order valence-electron chi connectivity index (χ3n) is 5.07. The molecule has 0 atom stereocenters. The van der Waals surface area contributed by atoms with Crippen LogP contribution in [0.3, 0.4) is 0 Å². The molecule has 1 N–H and O–H groups in total. The first-order chi connectivity index (χ1) is 12.0. The number of hydrogen-bond donors (Lipinski definition) is 1. The Bertz CT molecular complexity index is 665. The molecule has 1 saturated carbocycles. The van der Waals surface area contributed by atoms with Crippen molar-refractivity contribution < 1.29 is 23.8 Å². The number of rotatable bonds is 4. The molecule has 1 aliphatic carbocycles. The fourth-order valence-electron chi connectivity index (χ4n) is 3.64. The van der Waals surface area contributed by atoms with Gasteiger partial charge in [0.25, 0.3) is 0 Å². The average molecular weight is 346 g/mol. The minimum atomic E-state index is -0.476. The molecule has 1 aromatic carbocycles. The van der Waals surface area contributed by atoms with Gasteiger partial charge in [-0.2, -0.15) is 0 Å². The second-order valence-corrected chi connectivity index (χ2v) is 7.48. The number of benzene rings is 1. The number of carbonyl (C=O) groups is 2. The summed E-state index contributed by atoms with van der Waals surface area (Å²) >= 11 is 0. The summed E-state index contributed by atoms with van der Waals surface area (Å²) in [5.41, 5.74) is 0.244. The van der Waals surface area contributed by atoms with Gasteiger partial charge in [0.15, 0.2) is 0 Å². The minimum absolute atomic E-state index is 0.114. The van der Waals surface area contributed by atoms with Crippen molar-refractivity contribution in [1.29, 1.82) is 0 Å². The lowest BCUT2D eigenvalue weighted by Gasteiger charge is -2.49. The van der Waals surface area contributed by atoms with Gasteiger partial charge in [-0.1, -0.05) is 30.3 Å². The summed E-state index contributed by atoms with van der Waals surface area (Å²) in [5, 5.41) is 2.75. The van der Waals surface area contributed by atoms with Crippen molar-refractivity contribution >= 4 is 12.2 Å². The van der Waals surface area contributed by atoms with Gasteiger partial charge in [0.1, 0.15) is 17.7 Å². The third kappa shape index (κ3) is 3.28. The maximum absolute atomic E-state index is 12.3. The zero-order valence-corrected chi connectivity index (χ0v) is 14.2. The van der Waals surface area contributed by atoms with Crippen molar-refractivity contribution in [2.45, 2.75) is 43.6 Å².